The molecule has 0 aliphatic carbocycles. The van der Waals surface area contributed by atoms with Gasteiger partial charge in [-0.3, -0.25) is 14.9 Å². The van der Waals surface area contributed by atoms with Gasteiger partial charge in [0.05, 0.1) is 17.2 Å². The van der Waals surface area contributed by atoms with E-state index in [4.69, 9.17) is 4.74 Å². The van der Waals surface area contributed by atoms with Crippen molar-refractivity contribution < 1.29 is 14.5 Å². The number of amides is 1. The summed E-state index contributed by atoms with van der Waals surface area (Å²) in [6, 6.07) is 23.0. The minimum Gasteiger partial charge on any atom is -0.489 e. The first-order valence-electron chi connectivity index (χ1n) is 10.4. The molecule has 9 nitrogen and oxygen atoms in total. The molecule has 168 valence electrons. The van der Waals surface area contributed by atoms with Crippen LogP contribution in [0.15, 0.2) is 84.0 Å². The molecule has 0 aromatic heterocycles. The van der Waals surface area contributed by atoms with Crippen LogP contribution in [0.3, 0.4) is 0 Å². The van der Waals surface area contributed by atoms with Crippen molar-refractivity contribution in [3.05, 3.63) is 106 Å². The molecular formula is C24H23N5O4. The van der Waals surface area contributed by atoms with Gasteiger partial charge in [0, 0.05) is 23.3 Å². The summed E-state index contributed by atoms with van der Waals surface area (Å²) in [5, 5.41) is 14.8. The van der Waals surface area contributed by atoms with Crippen LogP contribution in [0.25, 0.3) is 0 Å². The average molecular weight is 445 g/mol. The molecule has 1 aliphatic heterocycles. The number of non-ortho nitro benzene ring substituents is 1. The molecule has 0 saturated carbocycles. The fraction of sp³-hybridized carbons (Fsp3) is 0.167. The van der Waals surface area contributed by atoms with Gasteiger partial charge in [0.25, 0.3) is 11.6 Å². The van der Waals surface area contributed by atoms with Gasteiger partial charge in [-0.2, -0.15) is 5.10 Å². The van der Waals surface area contributed by atoms with Crippen molar-refractivity contribution in [2.24, 2.45) is 5.10 Å². The predicted molar refractivity (Wildman–Crippen MR) is 123 cm³/mol. The van der Waals surface area contributed by atoms with Gasteiger partial charge < -0.3 is 4.74 Å². The van der Waals surface area contributed by atoms with E-state index < -0.39 is 11.0 Å². The van der Waals surface area contributed by atoms with E-state index in [0.717, 1.165) is 16.9 Å². The van der Waals surface area contributed by atoms with Crippen LogP contribution in [0.1, 0.15) is 29.2 Å². The minimum atomic E-state index is -0.501. The van der Waals surface area contributed by atoms with Crippen molar-refractivity contribution in [1.82, 2.24) is 16.3 Å². The Balaban J connectivity index is 1.34. The van der Waals surface area contributed by atoms with Crippen molar-refractivity contribution in [3.63, 3.8) is 0 Å². The molecule has 3 aromatic rings. The van der Waals surface area contributed by atoms with Crippen molar-refractivity contribution in [3.8, 4) is 5.75 Å². The maximum absolute atomic E-state index is 12.5. The summed E-state index contributed by atoms with van der Waals surface area (Å²) in [6.07, 6.45) is 1.88. The summed E-state index contributed by atoms with van der Waals surface area (Å²) in [4.78, 5) is 22.9. The molecule has 4 rings (SSSR count). The van der Waals surface area contributed by atoms with Gasteiger partial charge in [-0.25, -0.2) is 16.3 Å². The van der Waals surface area contributed by atoms with Crippen LogP contribution in [0, 0.1) is 10.1 Å². The van der Waals surface area contributed by atoms with Crippen LogP contribution in [-0.4, -0.2) is 23.1 Å². The number of nitrogens with zero attached hydrogens (tertiary/aromatic N) is 2. The summed E-state index contributed by atoms with van der Waals surface area (Å²) in [7, 11) is 0. The second kappa shape index (κ2) is 10.5. The number of hydrazine groups is 1. The van der Waals surface area contributed by atoms with Gasteiger partial charge in [0.1, 0.15) is 18.4 Å². The highest BCUT2D eigenvalue weighted by molar-refractivity contribution is 5.85. The van der Waals surface area contributed by atoms with Crippen LogP contribution in [-0.2, 0) is 11.4 Å². The largest absolute Gasteiger partial charge is 0.489 e. The van der Waals surface area contributed by atoms with Gasteiger partial charge >= 0.3 is 0 Å². The van der Waals surface area contributed by atoms with Crippen LogP contribution in [0.5, 0.6) is 5.75 Å². The number of nitro benzene ring substituents is 1. The molecule has 0 spiro atoms. The first-order chi connectivity index (χ1) is 16.1. The number of carbonyl (C=O) groups is 1. The lowest BCUT2D eigenvalue weighted by Crippen LogP contribution is -2.41. The molecule has 1 amide bonds. The second-order valence-corrected chi connectivity index (χ2v) is 7.53. The lowest BCUT2D eigenvalue weighted by Gasteiger charge is -2.16. The van der Waals surface area contributed by atoms with Gasteiger partial charge in [0.15, 0.2) is 0 Å². The third-order valence-electron chi connectivity index (χ3n) is 5.22. The Morgan fingerprint density at radius 1 is 1.09 bits per heavy atom. The monoisotopic (exact) mass is 445 g/mol. The third-order valence-corrected chi connectivity index (χ3v) is 5.22. The number of benzene rings is 3. The number of hydrazone groups is 1. The van der Waals surface area contributed by atoms with Gasteiger partial charge in [-0.1, -0.05) is 60.7 Å². The van der Waals surface area contributed by atoms with Gasteiger partial charge in [0.2, 0.25) is 0 Å². The highest BCUT2D eigenvalue weighted by Gasteiger charge is 2.31. The number of nitro groups is 1. The minimum absolute atomic E-state index is 0.0390. The Morgan fingerprint density at radius 3 is 2.70 bits per heavy atom. The molecule has 0 bridgehead atoms. The number of para-hydroxylation sites is 1. The van der Waals surface area contributed by atoms with E-state index in [2.05, 4.69) is 21.4 Å². The zero-order valence-electron chi connectivity index (χ0n) is 17.7. The van der Waals surface area contributed by atoms with Crippen LogP contribution in [0.2, 0.25) is 0 Å². The molecule has 1 aliphatic rings. The molecule has 1 saturated heterocycles. The first kappa shape index (κ1) is 22.1. The summed E-state index contributed by atoms with van der Waals surface area (Å²) in [5.74, 6) is 0.444. The van der Waals surface area contributed by atoms with Crippen LogP contribution >= 0.6 is 0 Å². The van der Waals surface area contributed by atoms with Crippen LogP contribution in [0.4, 0.5) is 5.69 Å². The Bertz CT molecular complexity index is 1150. The highest BCUT2D eigenvalue weighted by atomic mass is 16.6. The molecule has 33 heavy (non-hydrogen) atoms. The summed E-state index contributed by atoms with van der Waals surface area (Å²) in [6.45, 7) is 0.453. The molecule has 2 atom stereocenters. The Kier molecular flexibility index (Phi) is 7.03. The zero-order chi connectivity index (χ0) is 23.0. The predicted octanol–water partition coefficient (Wildman–Crippen LogP) is 3.23. The third kappa shape index (κ3) is 5.79. The van der Waals surface area contributed by atoms with E-state index in [1.807, 2.05) is 54.6 Å². The SMILES string of the molecule is O=C(N/N=C/c1cccc([N+](=O)[O-])c1)C1CC(c2ccccc2OCc2ccccc2)NN1. The lowest BCUT2D eigenvalue weighted by molar-refractivity contribution is -0.384. The fourth-order valence-corrected chi connectivity index (χ4v) is 3.53. The topological polar surface area (TPSA) is 118 Å². The van der Waals surface area contributed by atoms with Crippen molar-refractivity contribution in [1.29, 1.82) is 0 Å². The highest BCUT2D eigenvalue weighted by Crippen LogP contribution is 2.30. The normalized spacial score (nSPS) is 17.7. The van der Waals surface area contributed by atoms with Crippen LogP contribution < -0.4 is 21.0 Å². The summed E-state index contributed by atoms with van der Waals surface area (Å²) >= 11 is 0. The Hall–Kier alpha value is -4.08. The summed E-state index contributed by atoms with van der Waals surface area (Å²) in [5.41, 5.74) is 11.1. The molecule has 0 radical (unpaired) electrons. The average Bonchev–Trinajstić information content (AvgIpc) is 3.34. The number of carbonyl (C=O) groups excluding carboxylic acids is 1. The molecule has 2 unspecified atom stereocenters. The molecule has 9 heteroatoms. The molecule has 1 fully saturated rings. The molecule has 1 heterocycles. The smallest absolute Gasteiger partial charge is 0.270 e. The van der Waals surface area contributed by atoms with Gasteiger partial charge in [-0.15, -0.1) is 0 Å². The van der Waals surface area contributed by atoms with E-state index in [9.17, 15) is 14.9 Å². The number of hydrogen-bond acceptors (Lipinski definition) is 7. The molecule has 3 aromatic carbocycles. The van der Waals surface area contributed by atoms with E-state index in [1.54, 1.807) is 12.1 Å². The fourth-order valence-electron chi connectivity index (χ4n) is 3.53. The number of hydrogen-bond donors (Lipinski definition) is 3. The van der Waals surface area contributed by atoms with E-state index in [1.165, 1.54) is 18.3 Å². The van der Waals surface area contributed by atoms with Crippen molar-refractivity contribution in [2.45, 2.75) is 25.1 Å². The van der Waals surface area contributed by atoms with E-state index >= 15 is 0 Å². The Morgan fingerprint density at radius 2 is 1.88 bits per heavy atom. The quantitative estimate of drug-likeness (QED) is 0.278. The zero-order valence-corrected chi connectivity index (χ0v) is 17.7. The molecular weight excluding hydrogens is 422 g/mol. The number of rotatable bonds is 8. The second-order valence-electron chi connectivity index (χ2n) is 7.53. The number of ether oxygens (including phenoxy) is 1. The summed E-state index contributed by atoms with van der Waals surface area (Å²) < 4.78 is 6.03. The van der Waals surface area contributed by atoms with E-state index in [0.29, 0.717) is 18.6 Å². The standard InChI is InChI=1S/C24H23N5O4/c30-24(28-25-15-18-9-6-10-19(13-18)29(31)32)22-14-21(26-27-22)20-11-4-5-12-23(20)33-16-17-7-2-1-3-8-17/h1-13,15,21-22,26-27H,14,16H2,(H,28,30)/b25-15+. The first-order valence-corrected chi connectivity index (χ1v) is 10.4. The number of nitrogens with one attached hydrogen (secondary N) is 3. The maximum atomic E-state index is 12.5. The van der Waals surface area contributed by atoms with Crippen molar-refractivity contribution in [2.75, 3.05) is 0 Å². The maximum Gasteiger partial charge on any atom is 0.270 e. The lowest BCUT2D eigenvalue weighted by atomic mass is 10.0. The molecule has 3 N–H and O–H groups in total. The Labute approximate surface area is 190 Å². The van der Waals surface area contributed by atoms with Crippen molar-refractivity contribution >= 4 is 17.8 Å². The van der Waals surface area contributed by atoms with Gasteiger partial charge in [-0.05, 0) is 18.1 Å². The van der Waals surface area contributed by atoms with E-state index in [-0.39, 0.29) is 17.6 Å².